The molecule has 1 saturated carbocycles. The first-order valence-corrected chi connectivity index (χ1v) is 7.41. The first kappa shape index (κ1) is 14.2. The Morgan fingerprint density at radius 1 is 1.43 bits per heavy atom. The van der Waals surface area contributed by atoms with Gasteiger partial charge in [-0.05, 0) is 31.0 Å². The Morgan fingerprint density at radius 2 is 2.19 bits per heavy atom. The van der Waals surface area contributed by atoms with Gasteiger partial charge in [0, 0.05) is 21.4 Å². The molecule has 2 atom stereocenters. The summed E-state index contributed by atoms with van der Waals surface area (Å²) < 4.78 is 6.03. The largest absolute Gasteiger partial charge is 0.425 e. The Bertz CT molecular complexity index is 659. The van der Waals surface area contributed by atoms with Crippen LogP contribution in [-0.4, -0.2) is 23.2 Å². The second-order valence-corrected chi connectivity index (χ2v) is 6.30. The summed E-state index contributed by atoms with van der Waals surface area (Å²) in [6.45, 7) is -0.454. The van der Waals surface area contributed by atoms with Crippen LogP contribution in [0.1, 0.15) is 30.7 Å². The number of fused-ring (bicyclic) bond motifs is 1. The number of esters is 1. The first-order chi connectivity index (χ1) is 9.95. The highest BCUT2D eigenvalue weighted by Gasteiger charge is 2.60. The summed E-state index contributed by atoms with van der Waals surface area (Å²) >= 11 is 3.32. The summed E-state index contributed by atoms with van der Waals surface area (Å²) in [5, 5.41) is 11.0. The SMILES string of the molecule is O=C1CCC[C@@]12C(=O)Oc1ccc(Br)cc1[C@@H]2C[N+](=O)[O-]. The predicted molar refractivity (Wildman–Crippen MR) is 75.7 cm³/mol. The third-order valence-corrected chi connectivity index (χ3v) is 4.81. The van der Waals surface area contributed by atoms with Crippen molar-refractivity contribution in [2.24, 2.45) is 5.41 Å². The maximum atomic E-state index is 12.4. The standard InChI is InChI=1S/C14H12BrNO5/c15-8-3-4-11-9(6-8)10(7-16(19)20)14(13(18)21-11)5-1-2-12(14)17/h3-4,6,10H,1-2,5,7H2/t10-,14-/m0/s1. The molecule has 1 fully saturated rings. The van der Waals surface area contributed by atoms with Gasteiger partial charge >= 0.3 is 5.97 Å². The number of ether oxygens (including phenoxy) is 1. The van der Waals surface area contributed by atoms with Gasteiger partial charge in [-0.1, -0.05) is 15.9 Å². The molecule has 1 spiro atoms. The Labute approximate surface area is 128 Å². The van der Waals surface area contributed by atoms with Crippen molar-refractivity contribution in [1.29, 1.82) is 0 Å². The van der Waals surface area contributed by atoms with Crippen LogP contribution in [0.25, 0.3) is 0 Å². The molecular weight excluding hydrogens is 342 g/mol. The molecule has 0 N–H and O–H groups in total. The van der Waals surface area contributed by atoms with E-state index in [4.69, 9.17) is 4.74 Å². The molecule has 0 unspecified atom stereocenters. The molecule has 6 nitrogen and oxygen atoms in total. The summed E-state index contributed by atoms with van der Waals surface area (Å²) in [7, 11) is 0. The van der Waals surface area contributed by atoms with Crippen LogP contribution >= 0.6 is 15.9 Å². The molecule has 0 bridgehead atoms. The Balaban J connectivity index is 2.19. The van der Waals surface area contributed by atoms with Gasteiger partial charge in [0.1, 0.15) is 11.2 Å². The lowest BCUT2D eigenvalue weighted by molar-refractivity contribution is -0.485. The van der Waals surface area contributed by atoms with Crippen LogP contribution in [0.15, 0.2) is 22.7 Å². The van der Waals surface area contributed by atoms with E-state index in [2.05, 4.69) is 15.9 Å². The topological polar surface area (TPSA) is 86.5 Å². The fourth-order valence-corrected chi connectivity index (χ4v) is 3.74. The summed E-state index contributed by atoms with van der Waals surface area (Å²) in [5.41, 5.74) is -0.836. The molecule has 1 aliphatic heterocycles. The number of carbonyl (C=O) groups excluding carboxylic acids is 2. The van der Waals surface area contributed by atoms with Gasteiger partial charge < -0.3 is 4.74 Å². The van der Waals surface area contributed by atoms with Crippen molar-refractivity contribution in [3.63, 3.8) is 0 Å². The van der Waals surface area contributed by atoms with E-state index in [0.29, 0.717) is 24.2 Å². The summed E-state index contributed by atoms with van der Waals surface area (Å²) in [6, 6.07) is 4.99. The van der Waals surface area contributed by atoms with Crippen LogP contribution in [0.5, 0.6) is 5.75 Å². The van der Waals surface area contributed by atoms with Gasteiger partial charge in [-0.25, -0.2) is 0 Å². The fraction of sp³-hybridized carbons (Fsp3) is 0.429. The Morgan fingerprint density at radius 3 is 2.81 bits per heavy atom. The molecule has 1 aliphatic carbocycles. The van der Waals surface area contributed by atoms with Crippen molar-refractivity contribution < 1.29 is 19.2 Å². The highest BCUT2D eigenvalue weighted by Crippen LogP contribution is 2.53. The molecule has 0 aromatic heterocycles. The lowest BCUT2D eigenvalue weighted by Gasteiger charge is -2.36. The van der Waals surface area contributed by atoms with Gasteiger partial charge in [-0.3, -0.25) is 19.7 Å². The number of hydrogen-bond acceptors (Lipinski definition) is 5. The average molecular weight is 354 g/mol. The molecule has 7 heteroatoms. The molecular formula is C14H12BrNO5. The number of carbonyl (C=O) groups is 2. The minimum absolute atomic E-state index is 0.245. The molecule has 1 aromatic carbocycles. The number of halogens is 1. The summed E-state index contributed by atoms with van der Waals surface area (Å²) in [4.78, 5) is 35.3. The molecule has 1 heterocycles. The molecule has 0 radical (unpaired) electrons. The quantitative estimate of drug-likeness (QED) is 0.268. The molecule has 3 rings (SSSR count). The van der Waals surface area contributed by atoms with Crippen LogP contribution in [0.4, 0.5) is 0 Å². The molecule has 2 aliphatic rings. The number of rotatable bonds is 2. The average Bonchev–Trinajstić information content (AvgIpc) is 2.79. The van der Waals surface area contributed by atoms with Crippen LogP contribution in [0, 0.1) is 15.5 Å². The van der Waals surface area contributed by atoms with Gasteiger partial charge in [0.2, 0.25) is 6.54 Å². The van der Waals surface area contributed by atoms with E-state index in [-0.39, 0.29) is 12.2 Å². The Kier molecular flexibility index (Phi) is 3.32. The lowest BCUT2D eigenvalue weighted by atomic mass is 9.68. The monoisotopic (exact) mass is 353 g/mol. The Hall–Kier alpha value is -1.76. The number of ketones is 1. The fourth-order valence-electron chi connectivity index (χ4n) is 3.36. The highest BCUT2D eigenvalue weighted by molar-refractivity contribution is 9.10. The zero-order valence-electron chi connectivity index (χ0n) is 11.0. The second-order valence-electron chi connectivity index (χ2n) is 5.39. The van der Waals surface area contributed by atoms with E-state index in [1.165, 1.54) is 0 Å². The third kappa shape index (κ3) is 2.07. The van der Waals surface area contributed by atoms with Crippen LogP contribution in [0.3, 0.4) is 0 Å². The van der Waals surface area contributed by atoms with Crippen molar-refractivity contribution >= 4 is 27.7 Å². The van der Waals surface area contributed by atoms with E-state index >= 15 is 0 Å². The van der Waals surface area contributed by atoms with E-state index in [1.54, 1.807) is 18.2 Å². The van der Waals surface area contributed by atoms with Crippen LogP contribution in [0.2, 0.25) is 0 Å². The maximum Gasteiger partial charge on any atom is 0.325 e. The molecule has 1 aromatic rings. The van der Waals surface area contributed by atoms with Crippen LogP contribution < -0.4 is 4.74 Å². The number of benzene rings is 1. The van der Waals surface area contributed by atoms with Gasteiger partial charge in [-0.15, -0.1) is 0 Å². The van der Waals surface area contributed by atoms with Crippen molar-refractivity contribution in [3.05, 3.63) is 38.3 Å². The van der Waals surface area contributed by atoms with Crippen molar-refractivity contribution in [1.82, 2.24) is 0 Å². The lowest BCUT2D eigenvalue weighted by Crippen LogP contribution is -2.48. The smallest absolute Gasteiger partial charge is 0.325 e. The summed E-state index contributed by atoms with van der Waals surface area (Å²) in [5.74, 6) is -1.35. The third-order valence-electron chi connectivity index (χ3n) is 4.31. The second kappa shape index (κ2) is 4.91. The van der Waals surface area contributed by atoms with Gasteiger partial charge in [0.15, 0.2) is 5.78 Å². The minimum Gasteiger partial charge on any atom is -0.425 e. The highest BCUT2D eigenvalue weighted by atomic mass is 79.9. The zero-order valence-corrected chi connectivity index (χ0v) is 12.6. The van der Waals surface area contributed by atoms with E-state index in [9.17, 15) is 19.7 Å². The zero-order chi connectivity index (χ0) is 15.2. The van der Waals surface area contributed by atoms with Crippen molar-refractivity contribution in [2.75, 3.05) is 6.54 Å². The van der Waals surface area contributed by atoms with Gasteiger partial charge in [0.25, 0.3) is 0 Å². The molecule has 0 amide bonds. The van der Waals surface area contributed by atoms with E-state index in [1.807, 2.05) is 0 Å². The molecule has 0 saturated heterocycles. The number of hydrogen-bond donors (Lipinski definition) is 0. The first-order valence-electron chi connectivity index (χ1n) is 6.62. The maximum absolute atomic E-state index is 12.4. The number of Topliss-reactive ketones (excluding diaryl/α,β-unsaturated/α-hetero) is 1. The molecule has 21 heavy (non-hydrogen) atoms. The van der Waals surface area contributed by atoms with Crippen molar-refractivity contribution in [2.45, 2.75) is 25.2 Å². The normalized spacial score (nSPS) is 27.6. The van der Waals surface area contributed by atoms with Crippen molar-refractivity contribution in [3.8, 4) is 5.75 Å². The molecule has 110 valence electrons. The van der Waals surface area contributed by atoms with Gasteiger partial charge in [0.05, 0.1) is 5.92 Å². The van der Waals surface area contributed by atoms with Crippen LogP contribution in [-0.2, 0) is 9.59 Å². The van der Waals surface area contributed by atoms with E-state index in [0.717, 1.165) is 4.47 Å². The van der Waals surface area contributed by atoms with Gasteiger partial charge in [-0.2, -0.15) is 0 Å². The predicted octanol–water partition coefficient (Wildman–Crippen LogP) is 2.47. The number of nitrogens with zero attached hydrogens (tertiary/aromatic N) is 1. The van der Waals surface area contributed by atoms with E-state index < -0.39 is 28.8 Å². The number of nitro groups is 1. The minimum atomic E-state index is -1.39. The summed E-state index contributed by atoms with van der Waals surface area (Å²) in [6.07, 6.45) is 1.15.